The minimum atomic E-state index is 0.313. The molecule has 6 nitrogen and oxygen atoms in total. The summed E-state index contributed by atoms with van der Waals surface area (Å²) in [7, 11) is 1.77. The summed E-state index contributed by atoms with van der Waals surface area (Å²) in [6.07, 6.45) is 3.17. The summed E-state index contributed by atoms with van der Waals surface area (Å²) in [6, 6.07) is 6.05. The molecule has 1 aliphatic rings. The van der Waals surface area contributed by atoms with Gasteiger partial charge in [0.25, 0.3) is 0 Å². The third-order valence-corrected chi connectivity index (χ3v) is 3.55. The molecule has 128 valence electrons. The number of aliphatic imine (C=N–C) groups is 1. The van der Waals surface area contributed by atoms with Crippen LogP contribution in [0.1, 0.15) is 25.3 Å². The van der Waals surface area contributed by atoms with Crippen molar-refractivity contribution < 1.29 is 14.2 Å². The van der Waals surface area contributed by atoms with E-state index in [0.29, 0.717) is 13.4 Å². The molecule has 1 aromatic rings. The summed E-state index contributed by atoms with van der Waals surface area (Å²) in [5.74, 6) is 2.45. The second-order valence-electron chi connectivity index (χ2n) is 5.33. The molecule has 0 bridgehead atoms. The number of hydrogen-bond acceptors (Lipinski definition) is 4. The van der Waals surface area contributed by atoms with E-state index in [0.717, 1.165) is 56.4 Å². The van der Waals surface area contributed by atoms with Gasteiger partial charge in [0.15, 0.2) is 17.5 Å². The molecule has 2 N–H and O–H groups in total. The van der Waals surface area contributed by atoms with Gasteiger partial charge in [-0.3, -0.25) is 4.99 Å². The van der Waals surface area contributed by atoms with Gasteiger partial charge >= 0.3 is 0 Å². The standard InChI is InChI=1S/C17H27N3O3/c1-3-4-10-21-11-9-20-17(18-2)19-8-7-14-5-6-15-16(12-14)23-13-22-15/h5-6,12H,3-4,7-11,13H2,1-2H3,(H2,18,19,20). The van der Waals surface area contributed by atoms with Gasteiger partial charge < -0.3 is 24.8 Å². The van der Waals surface area contributed by atoms with Gasteiger partial charge in [-0.25, -0.2) is 0 Å². The van der Waals surface area contributed by atoms with Crippen LogP contribution in [0.25, 0.3) is 0 Å². The minimum Gasteiger partial charge on any atom is -0.454 e. The molecule has 6 heteroatoms. The Kier molecular flexibility index (Phi) is 7.52. The summed E-state index contributed by atoms with van der Waals surface area (Å²) in [5.41, 5.74) is 1.21. The zero-order chi connectivity index (χ0) is 16.3. The van der Waals surface area contributed by atoms with E-state index in [1.807, 2.05) is 12.1 Å². The van der Waals surface area contributed by atoms with Gasteiger partial charge in [-0.2, -0.15) is 0 Å². The Hall–Kier alpha value is -1.95. The average Bonchev–Trinajstić information content (AvgIpc) is 3.04. The van der Waals surface area contributed by atoms with Crippen LogP contribution in [0.5, 0.6) is 11.5 Å². The van der Waals surface area contributed by atoms with Crippen molar-refractivity contribution in [3.8, 4) is 11.5 Å². The van der Waals surface area contributed by atoms with Crippen LogP contribution >= 0.6 is 0 Å². The van der Waals surface area contributed by atoms with Crippen LogP contribution in [-0.2, 0) is 11.2 Å². The second kappa shape index (κ2) is 9.94. The molecular weight excluding hydrogens is 294 g/mol. The minimum absolute atomic E-state index is 0.313. The molecule has 0 saturated heterocycles. The van der Waals surface area contributed by atoms with Gasteiger partial charge in [0.1, 0.15) is 0 Å². The smallest absolute Gasteiger partial charge is 0.231 e. The first kappa shape index (κ1) is 17.4. The molecule has 1 aromatic carbocycles. The highest BCUT2D eigenvalue weighted by Crippen LogP contribution is 2.32. The molecule has 0 saturated carbocycles. The van der Waals surface area contributed by atoms with Gasteiger partial charge in [0.2, 0.25) is 6.79 Å². The predicted octanol–water partition coefficient (Wildman–Crippen LogP) is 1.94. The lowest BCUT2D eigenvalue weighted by Crippen LogP contribution is -2.39. The number of nitrogens with zero attached hydrogens (tertiary/aromatic N) is 1. The molecule has 0 aliphatic carbocycles. The van der Waals surface area contributed by atoms with Gasteiger partial charge in [-0.05, 0) is 30.5 Å². The quantitative estimate of drug-likeness (QED) is 0.413. The molecule has 0 radical (unpaired) electrons. The lowest BCUT2D eigenvalue weighted by molar-refractivity contribution is 0.136. The van der Waals surface area contributed by atoms with Crippen LogP contribution in [0.3, 0.4) is 0 Å². The highest BCUT2D eigenvalue weighted by molar-refractivity contribution is 5.79. The Morgan fingerprint density at radius 1 is 1.17 bits per heavy atom. The van der Waals surface area contributed by atoms with Gasteiger partial charge in [0.05, 0.1) is 6.61 Å². The van der Waals surface area contributed by atoms with Crippen LogP contribution in [0.15, 0.2) is 23.2 Å². The molecule has 23 heavy (non-hydrogen) atoms. The maximum absolute atomic E-state index is 5.51. The van der Waals surface area contributed by atoms with E-state index in [1.165, 1.54) is 5.56 Å². The van der Waals surface area contributed by atoms with Crippen LogP contribution < -0.4 is 20.1 Å². The first-order valence-electron chi connectivity index (χ1n) is 8.24. The average molecular weight is 321 g/mol. The first-order chi connectivity index (χ1) is 11.3. The van der Waals surface area contributed by atoms with E-state index in [1.54, 1.807) is 7.05 Å². The SMILES string of the molecule is CCCCOCCNC(=NC)NCCc1ccc2c(c1)OCO2. The molecule has 0 atom stereocenters. The van der Waals surface area contributed by atoms with Crippen molar-refractivity contribution >= 4 is 5.96 Å². The van der Waals surface area contributed by atoms with Crippen molar-refractivity contribution in [2.24, 2.45) is 4.99 Å². The number of benzene rings is 1. The lowest BCUT2D eigenvalue weighted by Gasteiger charge is -2.12. The normalized spacial score (nSPS) is 13.2. The Balaban J connectivity index is 1.62. The third kappa shape index (κ3) is 5.98. The van der Waals surface area contributed by atoms with Crippen LogP contribution in [0.4, 0.5) is 0 Å². The van der Waals surface area contributed by atoms with Crippen molar-refractivity contribution in [1.29, 1.82) is 0 Å². The van der Waals surface area contributed by atoms with Crippen LogP contribution in [0.2, 0.25) is 0 Å². The van der Waals surface area contributed by atoms with Crippen molar-refractivity contribution in [2.75, 3.05) is 40.1 Å². The molecule has 0 amide bonds. The lowest BCUT2D eigenvalue weighted by atomic mass is 10.1. The van der Waals surface area contributed by atoms with Gasteiger partial charge in [-0.1, -0.05) is 19.4 Å². The summed E-state index contributed by atoms with van der Waals surface area (Å²) in [6.45, 7) is 5.56. The summed E-state index contributed by atoms with van der Waals surface area (Å²) >= 11 is 0. The van der Waals surface area contributed by atoms with Gasteiger partial charge in [-0.15, -0.1) is 0 Å². The fourth-order valence-corrected chi connectivity index (χ4v) is 2.23. The third-order valence-electron chi connectivity index (χ3n) is 3.55. The zero-order valence-corrected chi connectivity index (χ0v) is 14.1. The number of ether oxygens (including phenoxy) is 3. The molecule has 0 aromatic heterocycles. The van der Waals surface area contributed by atoms with Crippen molar-refractivity contribution in [3.05, 3.63) is 23.8 Å². The number of guanidine groups is 1. The summed E-state index contributed by atoms with van der Waals surface area (Å²) < 4.78 is 16.2. The van der Waals surface area contributed by atoms with E-state index in [2.05, 4.69) is 28.6 Å². The maximum atomic E-state index is 5.51. The first-order valence-corrected chi connectivity index (χ1v) is 8.24. The molecule has 2 rings (SSSR count). The molecule has 0 spiro atoms. The maximum Gasteiger partial charge on any atom is 0.231 e. The Morgan fingerprint density at radius 2 is 2.00 bits per heavy atom. The van der Waals surface area contributed by atoms with Crippen LogP contribution in [0, 0.1) is 0 Å². The summed E-state index contributed by atoms with van der Waals surface area (Å²) in [4.78, 5) is 4.21. The Bertz CT molecular complexity index is 506. The fraction of sp³-hybridized carbons (Fsp3) is 0.588. The van der Waals surface area contributed by atoms with Crippen molar-refractivity contribution in [2.45, 2.75) is 26.2 Å². The van der Waals surface area contributed by atoms with E-state index in [4.69, 9.17) is 14.2 Å². The largest absolute Gasteiger partial charge is 0.454 e. The highest BCUT2D eigenvalue weighted by Gasteiger charge is 2.12. The Labute approximate surface area is 138 Å². The van der Waals surface area contributed by atoms with E-state index in [9.17, 15) is 0 Å². The highest BCUT2D eigenvalue weighted by atomic mass is 16.7. The second-order valence-corrected chi connectivity index (χ2v) is 5.33. The van der Waals surface area contributed by atoms with Gasteiger partial charge in [0, 0.05) is 26.7 Å². The molecule has 0 fully saturated rings. The number of rotatable bonds is 9. The molecular formula is C17H27N3O3. The van der Waals surface area contributed by atoms with Crippen molar-refractivity contribution in [1.82, 2.24) is 10.6 Å². The fourth-order valence-electron chi connectivity index (χ4n) is 2.23. The van der Waals surface area contributed by atoms with E-state index in [-0.39, 0.29) is 0 Å². The number of hydrogen-bond donors (Lipinski definition) is 2. The molecule has 1 heterocycles. The zero-order valence-electron chi connectivity index (χ0n) is 14.1. The van der Waals surface area contributed by atoms with E-state index >= 15 is 0 Å². The van der Waals surface area contributed by atoms with Crippen molar-refractivity contribution in [3.63, 3.8) is 0 Å². The number of fused-ring (bicyclic) bond motifs is 1. The predicted molar refractivity (Wildman–Crippen MR) is 91.4 cm³/mol. The monoisotopic (exact) mass is 321 g/mol. The molecule has 0 unspecified atom stereocenters. The molecule has 1 aliphatic heterocycles. The van der Waals surface area contributed by atoms with Crippen LogP contribution in [-0.4, -0.2) is 46.1 Å². The topological polar surface area (TPSA) is 64.1 Å². The van der Waals surface area contributed by atoms with E-state index < -0.39 is 0 Å². The summed E-state index contributed by atoms with van der Waals surface area (Å²) in [5, 5.41) is 6.54. The number of nitrogens with one attached hydrogen (secondary N) is 2. The Morgan fingerprint density at radius 3 is 2.83 bits per heavy atom. The number of unbranched alkanes of at least 4 members (excludes halogenated alkanes) is 1.